The Balaban J connectivity index is 3.27. The molecule has 0 saturated heterocycles. The lowest BCUT2D eigenvalue weighted by molar-refractivity contribution is -0.131. The quantitative estimate of drug-likeness (QED) is 0.375. The minimum atomic E-state index is -0.871. The summed E-state index contributed by atoms with van der Waals surface area (Å²) >= 11 is 0. The first-order valence-electron chi connectivity index (χ1n) is 3.81. The Hall–Kier alpha value is -1.05. The Morgan fingerprint density at radius 1 is 1.27 bits per heavy atom. The van der Waals surface area contributed by atoms with Crippen LogP contribution >= 0.6 is 0 Å². The zero-order valence-corrected chi connectivity index (χ0v) is 6.79. The van der Waals surface area contributed by atoms with Gasteiger partial charge < -0.3 is 5.11 Å². The maximum Gasteiger partial charge on any atom is 0.327 e. The topological polar surface area (TPSA) is 37.3 Å². The van der Waals surface area contributed by atoms with Crippen LogP contribution in [0.15, 0.2) is 24.3 Å². The number of allylic oxidation sites excluding steroid dienone is 3. The number of rotatable bonds is 5. The fourth-order valence-electron chi connectivity index (χ4n) is 0.661. The van der Waals surface area contributed by atoms with Crippen LogP contribution in [0.2, 0.25) is 0 Å². The first-order chi connectivity index (χ1) is 5.27. The van der Waals surface area contributed by atoms with Gasteiger partial charge in [0.25, 0.3) is 0 Å². The molecule has 0 unspecified atom stereocenters. The first kappa shape index (κ1) is 9.95. The molecular formula is C9H14O2. The van der Waals surface area contributed by atoms with Crippen molar-refractivity contribution in [2.45, 2.75) is 26.2 Å². The third-order valence-electron chi connectivity index (χ3n) is 1.16. The van der Waals surface area contributed by atoms with Gasteiger partial charge in [0.2, 0.25) is 0 Å². The molecule has 0 aromatic rings. The summed E-state index contributed by atoms with van der Waals surface area (Å²) < 4.78 is 0. The molecule has 0 heterocycles. The van der Waals surface area contributed by atoms with Crippen LogP contribution in [0.5, 0.6) is 0 Å². The maximum absolute atomic E-state index is 9.98. The van der Waals surface area contributed by atoms with Crippen molar-refractivity contribution in [2.24, 2.45) is 0 Å². The molecule has 0 aliphatic carbocycles. The number of carbonyl (C=O) groups is 1. The predicted octanol–water partition coefficient (Wildman–Crippen LogP) is 2.37. The Bertz CT molecular complexity index is 157. The van der Waals surface area contributed by atoms with E-state index in [0.29, 0.717) is 0 Å². The lowest BCUT2D eigenvalue weighted by Gasteiger charge is -1.84. The SMILES string of the molecule is CCC=CCC/C=C\C(=O)O. The van der Waals surface area contributed by atoms with Gasteiger partial charge in [-0.25, -0.2) is 4.79 Å². The van der Waals surface area contributed by atoms with Crippen LogP contribution in [-0.2, 0) is 4.79 Å². The van der Waals surface area contributed by atoms with Crippen molar-refractivity contribution in [2.75, 3.05) is 0 Å². The summed E-state index contributed by atoms with van der Waals surface area (Å²) in [5.74, 6) is -0.871. The van der Waals surface area contributed by atoms with Gasteiger partial charge in [-0.2, -0.15) is 0 Å². The van der Waals surface area contributed by atoms with E-state index < -0.39 is 5.97 Å². The van der Waals surface area contributed by atoms with Gasteiger partial charge in [-0.05, 0) is 19.3 Å². The van der Waals surface area contributed by atoms with Gasteiger partial charge in [-0.15, -0.1) is 0 Å². The van der Waals surface area contributed by atoms with Gasteiger partial charge in [0.1, 0.15) is 0 Å². The van der Waals surface area contributed by atoms with Gasteiger partial charge >= 0.3 is 5.97 Å². The van der Waals surface area contributed by atoms with Crippen LogP contribution < -0.4 is 0 Å². The van der Waals surface area contributed by atoms with E-state index in [4.69, 9.17) is 5.11 Å². The number of hydrogen-bond donors (Lipinski definition) is 1. The van der Waals surface area contributed by atoms with Crippen molar-refractivity contribution in [1.29, 1.82) is 0 Å². The normalized spacial score (nSPS) is 11.4. The Labute approximate surface area is 67.2 Å². The van der Waals surface area contributed by atoms with Crippen molar-refractivity contribution in [1.82, 2.24) is 0 Å². The molecule has 0 aliphatic rings. The fourth-order valence-corrected chi connectivity index (χ4v) is 0.661. The largest absolute Gasteiger partial charge is 0.478 e. The van der Waals surface area contributed by atoms with Crippen LogP contribution in [0.3, 0.4) is 0 Å². The van der Waals surface area contributed by atoms with Crippen molar-refractivity contribution in [3.63, 3.8) is 0 Å². The summed E-state index contributed by atoms with van der Waals surface area (Å²) in [7, 11) is 0. The molecule has 0 rings (SSSR count). The molecule has 0 aromatic heterocycles. The van der Waals surface area contributed by atoms with Crippen LogP contribution in [0.1, 0.15) is 26.2 Å². The van der Waals surface area contributed by atoms with Crippen molar-refractivity contribution in [3.05, 3.63) is 24.3 Å². The number of aliphatic carboxylic acids is 1. The second-order valence-electron chi connectivity index (χ2n) is 2.20. The third kappa shape index (κ3) is 8.95. The van der Waals surface area contributed by atoms with Crippen molar-refractivity contribution >= 4 is 5.97 Å². The Morgan fingerprint density at radius 3 is 2.45 bits per heavy atom. The lowest BCUT2D eigenvalue weighted by Crippen LogP contribution is -1.84. The summed E-state index contributed by atoms with van der Waals surface area (Å²) in [6.45, 7) is 2.07. The van der Waals surface area contributed by atoms with Gasteiger partial charge in [-0.3, -0.25) is 0 Å². The van der Waals surface area contributed by atoms with E-state index in [1.165, 1.54) is 6.08 Å². The summed E-state index contributed by atoms with van der Waals surface area (Å²) in [5.41, 5.74) is 0. The molecule has 0 aromatic carbocycles. The molecule has 0 fully saturated rings. The van der Waals surface area contributed by atoms with E-state index in [1.807, 2.05) is 0 Å². The zero-order chi connectivity index (χ0) is 8.53. The second kappa shape index (κ2) is 7.06. The standard InChI is InChI=1S/C9H14O2/c1-2-3-4-5-6-7-8-9(10)11/h3-4,7-8H,2,5-6H2,1H3,(H,10,11)/b4-3?,8-7-. The zero-order valence-electron chi connectivity index (χ0n) is 6.79. The minimum Gasteiger partial charge on any atom is -0.478 e. The molecule has 0 bridgehead atoms. The van der Waals surface area contributed by atoms with Crippen molar-refractivity contribution in [3.8, 4) is 0 Å². The molecule has 11 heavy (non-hydrogen) atoms. The predicted molar refractivity (Wildman–Crippen MR) is 45.4 cm³/mol. The van der Waals surface area contributed by atoms with E-state index in [0.717, 1.165) is 19.3 Å². The molecule has 2 nitrogen and oxygen atoms in total. The van der Waals surface area contributed by atoms with E-state index in [-0.39, 0.29) is 0 Å². The average Bonchev–Trinajstić information content (AvgIpc) is 1.96. The average molecular weight is 154 g/mol. The number of hydrogen-bond acceptors (Lipinski definition) is 1. The van der Waals surface area contributed by atoms with Gasteiger partial charge in [0.15, 0.2) is 0 Å². The molecule has 0 aliphatic heterocycles. The number of unbranched alkanes of at least 4 members (excludes halogenated alkanes) is 1. The fraction of sp³-hybridized carbons (Fsp3) is 0.444. The minimum absolute atomic E-state index is 0.808. The molecule has 0 atom stereocenters. The maximum atomic E-state index is 9.98. The molecule has 0 amide bonds. The van der Waals surface area contributed by atoms with Crippen LogP contribution in [-0.4, -0.2) is 11.1 Å². The summed E-state index contributed by atoms with van der Waals surface area (Å²) in [6, 6.07) is 0. The van der Waals surface area contributed by atoms with E-state index >= 15 is 0 Å². The van der Waals surface area contributed by atoms with Gasteiger partial charge in [0, 0.05) is 6.08 Å². The highest BCUT2D eigenvalue weighted by Gasteiger charge is 1.82. The molecule has 62 valence electrons. The van der Waals surface area contributed by atoms with Crippen LogP contribution in [0, 0.1) is 0 Å². The number of carboxylic acids is 1. The Morgan fingerprint density at radius 2 is 1.91 bits per heavy atom. The van der Waals surface area contributed by atoms with Crippen molar-refractivity contribution < 1.29 is 9.90 Å². The summed E-state index contributed by atoms with van der Waals surface area (Å²) in [4.78, 5) is 9.98. The molecule has 2 heteroatoms. The highest BCUT2D eigenvalue weighted by Crippen LogP contribution is 1.93. The molecule has 0 saturated carbocycles. The molecule has 0 spiro atoms. The highest BCUT2D eigenvalue weighted by atomic mass is 16.4. The third-order valence-corrected chi connectivity index (χ3v) is 1.16. The summed E-state index contributed by atoms with van der Waals surface area (Å²) in [5, 5.41) is 8.21. The van der Waals surface area contributed by atoms with E-state index in [9.17, 15) is 4.79 Å². The molecule has 0 radical (unpaired) electrons. The number of carboxylic acid groups (broad SMARTS) is 1. The molecular weight excluding hydrogens is 140 g/mol. The summed E-state index contributed by atoms with van der Waals surface area (Å²) in [6.07, 6.45) is 9.77. The van der Waals surface area contributed by atoms with Crippen LogP contribution in [0.4, 0.5) is 0 Å². The highest BCUT2D eigenvalue weighted by molar-refractivity contribution is 5.79. The Kier molecular flexibility index (Phi) is 6.39. The molecule has 1 N–H and O–H groups in total. The monoisotopic (exact) mass is 154 g/mol. The second-order valence-corrected chi connectivity index (χ2v) is 2.20. The lowest BCUT2D eigenvalue weighted by atomic mass is 10.2. The van der Waals surface area contributed by atoms with Gasteiger partial charge in [-0.1, -0.05) is 25.2 Å². The van der Waals surface area contributed by atoms with Gasteiger partial charge in [0.05, 0.1) is 0 Å². The first-order valence-corrected chi connectivity index (χ1v) is 3.81. The van der Waals surface area contributed by atoms with E-state index in [2.05, 4.69) is 19.1 Å². The van der Waals surface area contributed by atoms with Crippen LogP contribution in [0.25, 0.3) is 0 Å². The smallest absolute Gasteiger partial charge is 0.327 e. The van der Waals surface area contributed by atoms with E-state index in [1.54, 1.807) is 6.08 Å².